The Morgan fingerprint density at radius 1 is 1.43 bits per heavy atom. The summed E-state index contributed by atoms with van der Waals surface area (Å²) in [6, 6.07) is -1.55. The van der Waals surface area contributed by atoms with E-state index in [2.05, 4.69) is 5.10 Å². The molecule has 11 heteroatoms. The zero-order valence-electron chi connectivity index (χ0n) is 11.3. The van der Waals surface area contributed by atoms with Crippen LogP contribution >= 0.6 is 0 Å². The van der Waals surface area contributed by atoms with Gasteiger partial charge in [0, 0.05) is 13.2 Å². The molecule has 0 radical (unpaired) electrons. The first-order chi connectivity index (χ1) is 9.36. The van der Waals surface area contributed by atoms with Crippen LogP contribution in [0.2, 0.25) is 0 Å². The van der Waals surface area contributed by atoms with Crippen LogP contribution < -0.4 is 4.72 Å². The lowest BCUT2D eigenvalue weighted by atomic mass is 10.1. The number of nitrogens with one attached hydrogen (secondary N) is 1. The standard InChI is InChI=1S/C10H14F3N3O4S/c1-5(2)7(9(17)18)15-21(19,20)6-4-16(3)14-8(6)10(11,12)13/h4-5,7,15H,1-3H3,(H,17,18)/t7-/m0/s1. The molecule has 2 N–H and O–H groups in total. The normalized spacial score (nSPS) is 14.4. The number of halogens is 3. The third-order valence-electron chi connectivity index (χ3n) is 2.57. The molecule has 7 nitrogen and oxygen atoms in total. The molecule has 0 saturated carbocycles. The summed E-state index contributed by atoms with van der Waals surface area (Å²) in [7, 11) is -3.55. The first-order valence-electron chi connectivity index (χ1n) is 5.72. The molecule has 21 heavy (non-hydrogen) atoms. The maximum absolute atomic E-state index is 12.8. The number of hydrogen-bond donors (Lipinski definition) is 2. The number of rotatable bonds is 5. The molecule has 0 spiro atoms. The summed E-state index contributed by atoms with van der Waals surface area (Å²) in [5, 5.41) is 12.0. The molecule has 1 rings (SSSR count). The number of aliphatic carboxylic acids is 1. The largest absolute Gasteiger partial charge is 0.480 e. The minimum absolute atomic E-state index is 0.650. The summed E-state index contributed by atoms with van der Waals surface area (Å²) in [5.41, 5.74) is -1.59. The molecule has 0 unspecified atom stereocenters. The van der Waals surface area contributed by atoms with Gasteiger partial charge < -0.3 is 5.11 Å². The van der Waals surface area contributed by atoms with E-state index in [0.717, 1.165) is 7.05 Å². The van der Waals surface area contributed by atoms with Gasteiger partial charge in [-0.2, -0.15) is 23.0 Å². The second kappa shape index (κ2) is 5.64. The Labute approximate surface area is 118 Å². The molecular weight excluding hydrogens is 315 g/mol. The van der Waals surface area contributed by atoms with Crippen molar-refractivity contribution in [2.45, 2.75) is 31.0 Å². The fourth-order valence-corrected chi connectivity index (χ4v) is 3.10. The lowest BCUT2D eigenvalue weighted by Crippen LogP contribution is -2.44. The summed E-state index contributed by atoms with van der Waals surface area (Å²) >= 11 is 0. The average molecular weight is 329 g/mol. The van der Waals surface area contributed by atoms with Gasteiger partial charge in [-0.05, 0) is 5.92 Å². The van der Waals surface area contributed by atoms with Crippen LogP contribution in [0.5, 0.6) is 0 Å². The Hall–Kier alpha value is -1.62. The van der Waals surface area contributed by atoms with Crippen LogP contribution in [0.1, 0.15) is 19.5 Å². The molecule has 1 aromatic rings. The van der Waals surface area contributed by atoms with Crippen molar-refractivity contribution in [2.75, 3.05) is 0 Å². The number of carboxylic acids is 1. The zero-order valence-corrected chi connectivity index (χ0v) is 12.2. The molecular formula is C10H14F3N3O4S. The highest BCUT2D eigenvalue weighted by atomic mass is 32.2. The fraction of sp³-hybridized carbons (Fsp3) is 0.600. The minimum Gasteiger partial charge on any atom is -0.480 e. The number of carbonyl (C=O) groups is 1. The van der Waals surface area contributed by atoms with Crippen LogP contribution in [0, 0.1) is 5.92 Å². The molecule has 0 bridgehead atoms. The Morgan fingerprint density at radius 2 is 1.95 bits per heavy atom. The highest BCUT2D eigenvalue weighted by Gasteiger charge is 2.42. The molecule has 0 aliphatic heterocycles. The van der Waals surface area contributed by atoms with Crippen LogP contribution in [0.4, 0.5) is 13.2 Å². The van der Waals surface area contributed by atoms with Gasteiger partial charge in [-0.1, -0.05) is 13.8 Å². The zero-order chi connectivity index (χ0) is 16.6. The average Bonchev–Trinajstić information content (AvgIpc) is 2.68. The first kappa shape index (κ1) is 17.4. The number of carboxylic acid groups (broad SMARTS) is 1. The van der Waals surface area contributed by atoms with Gasteiger partial charge in [0.1, 0.15) is 10.9 Å². The van der Waals surface area contributed by atoms with Crippen molar-refractivity contribution in [1.82, 2.24) is 14.5 Å². The monoisotopic (exact) mass is 329 g/mol. The molecule has 120 valence electrons. The van der Waals surface area contributed by atoms with Gasteiger partial charge >= 0.3 is 12.1 Å². The predicted octanol–water partition coefficient (Wildman–Crippen LogP) is 0.826. The van der Waals surface area contributed by atoms with E-state index in [9.17, 15) is 26.4 Å². The van der Waals surface area contributed by atoms with Crippen molar-refractivity contribution >= 4 is 16.0 Å². The van der Waals surface area contributed by atoms with E-state index in [0.29, 0.717) is 10.9 Å². The summed E-state index contributed by atoms with van der Waals surface area (Å²) in [6.07, 6.45) is -4.30. The van der Waals surface area contributed by atoms with Gasteiger partial charge in [-0.3, -0.25) is 9.48 Å². The Kier molecular flexibility index (Phi) is 4.68. The summed E-state index contributed by atoms with van der Waals surface area (Å²) in [5.74, 6) is -2.13. The lowest BCUT2D eigenvalue weighted by Gasteiger charge is -2.18. The number of alkyl halides is 3. The van der Waals surface area contributed by atoms with Crippen LogP contribution in [0.15, 0.2) is 11.1 Å². The molecule has 0 aliphatic carbocycles. The topological polar surface area (TPSA) is 101 Å². The molecule has 1 aromatic heterocycles. The molecule has 0 aliphatic rings. The van der Waals surface area contributed by atoms with E-state index in [1.807, 2.05) is 0 Å². The lowest BCUT2D eigenvalue weighted by molar-refractivity contribution is -0.143. The van der Waals surface area contributed by atoms with Crippen molar-refractivity contribution < 1.29 is 31.5 Å². The Morgan fingerprint density at radius 3 is 2.33 bits per heavy atom. The van der Waals surface area contributed by atoms with E-state index in [-0.39, 0.29) is 0 Å². The number of nitrogens with zero attached hydrogens (tertiary/aromatic N) is 2. The summed E-state index contributed by atoms with van der Waals surface area (Å²) in [4.78, 5) is 9.86. The quantitative estimate of drug-likeness (QED) is 0.833. The molecule has 1 atom stereocenters. The molecule has 0 amide bonds. The highest BCUT2D eigenvalue weighted by molar-refractivity contribution is 7.89. The third-order valence-corrected chi connectivity index (χ3v) is 4.01. The van der Waals surface area contributed by atoms with Crippen LogP contribution in [-0.4, -0.2) is 35.3 Å². The number of hydrogen-bond acceptors (Lipinski definition) is 4. The maximum atomic E-state index is 12.8. The van der Waals surface area contributed by atoms with Crippen LogP contribution in [-0.2, 0) is 28.0 Å². The van der Waals surface area contributed by atoms with Gasteiger partial charge in [-0.15, -0.1) is 0 Å². The fourth-order valence-electron chi connectivity index (χ4n) is 1.56. The Balaban J connectivity index is 3.29. The van der Waals surface area contributed by atoms with Crippen molar-refractivity contribution in [2.24, 2.45) is 13.0 Å². The van der Waals surface area contributed by atoms with E-state index >= 15 is 0 Å². The van der Waals surface area contributed by atoms with E-state index < -0.39 is 44.7 Å². The van der Waals surface area contributed by atoms with Crippen molar-refractivity contribution in [1.29, 1.82) is 0 Å². The number of aromatic nitrogens is 2. The molecule has 0 fully saturated rings. The molecule has 0 saturated heterocycles. The SMILES string of the molecule is CC(C)[C@H](NS(=O)(=O)c1cn(C)nc1C(F)(F)F)C(=O)O. The van der Waals surface area contributed by atoms with Crippen LogP contribution in [0.25, 0.3) is 0 Å². The second-order valence-electron chi connectivity index (χ2n) is 4.69. The second-order valence-corrected chi connectivity index (χ2v) is 6.38. The van der Waals surface area contributed by atoms with Gasteiger partial charge in [0.25, 0.3) is 0 Å². The van der Waals surface area contributed by atoms with E-state index in [1.54, 1.807) is 4.72 Å². The summed E-state index contributed by atoms with van der Waals surface area (Å²) < 4.78 is 64.7. The smallest absolute Gasteiger partial charge is 0.436 e. The maximum Gasteiger partial charge on any atom is 0.436 e. The minimum atomic E-state index is -4.97. The third kappa shape index (κ3) is 3.94. The molecule has 0 aromatic carbocycles. The van der Waals surface area contributed by atoms with Gasteiger partial charge in [-0.25, -0.2) is 8.42 Å². The van der Waals surface area contributed by atoms with Crippen molar-refractivity contribution in [3.63, 3.8) is 0 Å². The Bertz CT molecular complexity index is 636. The van der Waals surface area contributed by atoms with Gasteiger partial charge in [0.05, 0.1) is 0 Å². The van der Waals surface area contributed by atoms with E-state index in [1.165, 1.54) is 13.8 Å². The predicted molar refractivity (Wildman–Crippen MR) is 64.8 cm³/mol. The van der Waals surface area contributed by atoms with Gasteiger partial charge in [0.2, 0.25) is 10.0 Å². The number of aryl methyl sites for hydroxylation is 1. The molecule has 1 heterocycles. The van der Waals surface area contributed by atoms with Crippen molar-refractivity contribution in [3.8, 4) is 0 Å². The first-order valence-corrected chi connectivity index (χ1v) is 7.20. The highest BCUT2D eigenvalue weighted by Crippen LogP contribution is 2.32. The van der Waals surface area contributed by atoms with E-state index in [4.69, 9.17) is 5.11 Å². The summed E-state index contributed by atoms with van der Waals surface area (Å²) in [6.45, 7) is 2.85. The number of sulfonamides is 1. The van der Waals surface area contributed by atoms with Gasteiger partial charge in [0.15, 0.2) is 5.69 Å². The van der Waals surface area contributed by atoms with Crippen LogP contribution in [0.3, 0.4) is 0 Å². The van der Waals surface area contributed by atoms with Crippen molar-refractivity contribution in [3.05, 3.63) is 11.9 Å².